The average Bonchev–Trinajstić information content (AvgIpc) is 2.38. The highest BCUT2D eigenvalue weighted by atomic mass is 16.4. The Morgan fingerprint density at radius 2 is 1.76 bits per heavy atom. The van der Waals surface area contributed by atoms with Crippen LogP contribution < -0.4 is 10.6 Å². The molecule has 3 N–H and O–H groups in total. The SMILES string of the molecule is CC(C)C(C)(C)CNC(=O)Nc1ccc(CC(=O)O)cc1. The van der Waals surface area contributed by atoms with Crippen LogP contribution in [0.5, 0.6) is 0 Å². The Labute approximate surface area is 125 Å². The molecule has 1 rings (SSSR count). The molecule has 0 heterocycles. The van der Waals surface area contributed by atoms with Crippen molar-refractivity contribution in [2.75, 3.05) is 11.9 Å². The van der Waals surface area contributed by atoms with Crippen molar-refractivity contribution in [2.45, 2.75) is 34.1 Å². The summed E-state index contributed by atoms with van der Waals surface area (Å²) in [6, 6.07) is 6.54. The van der Waals surface area contributed by atoms with Crippen LogP contribution in [0.4, 0.5) is 10.5 Å². The number of hydrogen-bond acceptors (Lipinski definition) is 2. The maximum atomic E-state index is 11.8. The van der Waals surface area contributed by atoms with E-state index in [4.69, 9.17) is 5.11 Å². The van der Waals surface area contributed by atoms with Crippen molar-refractivity contribution in [1.29, 1.82) is 0 Å². The quantitative estimate of drug-likeness (QED) is 0.753. The zero-order chi connectivity index (χ0) is 16.0. The van der Waals surface area contributed by atoms with E-state index in [9.17, 15) is 9.59 Å². The summed E-state index contributed by atoms with van der Waals surface area (Å²) in [6.45, 7) is 9.06. The van der Waals surface area contributed by atoms with Gasteiger partial charge in [-0.1, -0.05) is 39.8 Å². The topological polar surface area (TPSA) is 78.4 Å². The number of hydrogen-bond donors (Lipinski definition) is 3. The first-order valence-corrected chi connectivity index (χ1v) is 7.06. The Bertz CT molecular complexity index is 493. The minimum atomic E-state index is -0.871. The third kappa shape index (κ3) is 5.85. The van der Waals surface area contributed by atoms with Crippen molar-refractivity contribution in [3.63, 3.8) is 0 Å². The summed E-state index contributed by atoms with van der Waals surface area (Å²) in [5, 5.41) is 14.3. The molecule has 5 heteroatoms. The van der Waals surface area contributed by atoms with Gasteiger partial charge in [-0.2, -0.15) is 0 Å². The third-order valence-electron chi connectivity index (χ3n) is 3.83. The first kappa shape index (κ1) is 17.0. The van der Waals surface area contributed by atoms with Crippen molar-refractivity contribution >= 4 is 17.7 Å². The highest BCUT2D eigenvalue weighted by molar-refractivity contribution is 5.89. The largest absolute Gasteiger partial charge is 0.481 e. The minimum Gasteiger partial charge on any atom is -0.481 e. The fourth-order valence-electron chi connectivity index (χ4n) is 1.57. The average molecular weight is 292 g/mol. The van der Waals surface area contributed by atoms with E-state index in [1.165, 1.54) is 0 Å². The van der Waals surface area contributed by atoms with Gasteiger partial charge < -0.3 is 15.7 Å². The van der Waals surface area contributed by atoms with E-state index in [2.05, 4.69) is 38.3 Å². The second-order valence-electron chi connectivity index (χ2n) is 6.22. The Balaban J connectivity index is 2.50. The lowest BCUT2D eigenvalue weighted by molar-refractivity contribution is -0.136. The number of urea groups is 1. The lowest BCUT2D eigenvalue weighted by Gasteiger charge is -2.29. The molecule has 0 bridgehead atoms. The van der Waals surface area contributed by atoms with Crippen molar-refractivity contribution in [3.05, 3.63) is 29.8 Å². The molecule has 5 nitrogen and oxygen atoms in total. The predicted molar refractivity (Wildman–Crippen MR) is 83.4 cm³/mol. The fraction of sp³-hybridized carbons (Fsp3) is 0.500. The summed E-state index contributed by atoms with van der Waals surface area (Å²) < 4.78 is 0. The van der Waals surface area contributed by atoms with E-state index in [0.29, 0.717) is 23.7 Å². The number of aliphatic carboxylic acids is 1. The molecule has 1 aromatic rings. The van der Waals surface area contributed by atoms with Crippen LogP contribution in [0.15, 0.2) is 24.3 Å². The molecule has 21 heavy (non-hydrogen) atoms. The van der Waals surface area contributed by atoms with Crippen LogP contribution >= 0.6 is 0 Å². The van der Waals surface area contributed by atoms with Crippen molar-refractivity contribution in [2.24, 2.45) is 11.3 Å². The van der Waals surface area contributed by atoms with E-state index < -0.39 is 5.97 Å². The van der Waals surface area contributed by atoms with E-state index in [-0.39, 0.29) is 17.9 Å². The number of carboxylic acids is 1. The van der Waals surface area contributed by atoms with Crippen LogP contribution in [0.2, 0.25) is 0 Å². The van der Waals surface area contributed by atoms with Crippen LogP contribution in [0.1, 0.15) is 33.3 Å². The lowest BCUT2D eigenvalue weighted by Crippen LogP contribution is -2.39. The molecule has 0 fully saturated rings. The summed E-state index contributed by atoms with van der Waals surface area (Å²) >= 11 is 0. The number of carbonyl (C=O) groups excluding carboxylic acids is 1. The van der Waals surface area contributed by atoms with Crippen LogP contribution in [-0.2, 0) is 11.2 Å². The minimum absolute atomic E-state index is 0.0188. The van der Waals surface area contributed by atoms with Gasteiger partial charge in [0.15, 0.2) is 0 Å². The Morgan fingerprint density at radius 1 is 1.19 bits per heavy atom. The molecule has 2 amide bonds. The van der Waals surface area contributed by atoms with Crippen LogP contribution in [-0.4, -0.2) is 23.7 Å². The Hall–Kier alpha value is -2.04. The Kier molecular flexibility index (Phi) is 5.76. The number of rotatable bonds is 6. The van der Waals surface area contributed by atoms with Crippen molar-refractivity contribution < 1.29 is 14.7 Å². The number of carbonyl (C=O) groups is 2. The second-order valence-corrected chi connectivity index (χ2v) is 6.22. The molecule has 0 aromatic heterocycles. The maximum absolute atomic E-state index is 11.8. The molecule has 0 saturated heterocycles. The molecular weight excluding hydrogens is 268 g/mol. The molecule has 1 aromatic carbocycles. The van der Waals surface area contributed by atoms with Gasteiger partial charge in [-0.05, 0) is 29.0 Å². The maximum Gasteiger partial charge on any atom is 0.319 e. The van der Waals surface area contributed by atoms with E-state index in [1.807, 2.05) is 0 Å². The highest BCUT2D eigenvalue weighted by Crippen LogP contribution is 2.24. The van der Waals surface area contributed by atoms with Gasteiger partial charge in [-0.15, -0.1) is 0 Å². The van der Waals surface area contributed by atoms with Crippen molar-refractivity contribution in [3.8, 4) is 0 Å². The van der Waals surface area contributed by atoms with Gasteiger partial charge >= 0.3 is 12.0 Å². The second kappa shape index (κ2) is 7.11. The lowest BCUT2D eigenvalue weighted by atomic mass is 9.81. The zero-order valence-electron chi connectivity index (χ0n) is 13.1. The predicted octanol–water partition coefficient (Wildman–Crippen LogP) is 3.12. The summed E-state index contributed by atoms with van der Waals surface area (Å²) in [5.74, 6) is -0.405. The third-order valence-corrected chi connectivity index (χ3v) is 3.83. The summed E-state index contributed by atoms with van der Waals surface area (Å²) in [5.41, 5.74) is 1.38. The standard InChI is InChI=1S/C16H24N2O3/c1-11(2)16(3,4)10-17-15(21)18-13-7-5-12(6-8-13)9-14(19)20/h5-8,11H,9-10H2,1-4H3,(H,19,20)(H2,17,18,21). The van der Waals surface area contributed by atoms with Gasteiger partial charge in [0.25, 0.3) is 0 Å². The highest BCUT2D eigenvalue weighted by Gasteiger charge is 2.22. The molecule has 0 aliphatic carbocycles. The van der Waals surface area contributed by atoms with Crippen molar-refractivity contribution in [1.82, 2.24) is 5.32 Å². The molecule has 116 valence electrons. The number of amides is 2. The van der Waals surface area contributed by atoms with E-state index >= 15 is 0 Å². The summed E-state index contributed by atoms with van der Waals surface area (Å²) in [7, 11) is 0. The molecule has 0 unspecified atom stereocenters. The molecule has 0 radical (unpaired) electrons. The Morgan fingerprint density at radius 3 is 2.24 bits per heavy atom. The van der Waals surface area contributed by atoms with Crippen LogP contribution in [0.25, 0.3) is 0 Å². The van der Waals surface area contributed by atoms with Gasteiger partial charge in [-0.25, -0.2) is 4.79 Å². The molecule has 0 atom stereocenters. The number of carboxylic acid groups (broad SMARTS) is 1. The van der Waals surface area contributed by atoms with Gasteiger partial charge in [0, 0.05) is 12.2 Å². The zero-order valence-corrected chi connectivity index (χ0v) is 13.1. The molecule has 0 spiro atoms. The first-order chi connectivity index (χ1) is 9.70. The number of anilines is 1. The number of benzene rings is 1. The van der Waals surface area contributed by atoms with Gasteiger partial charge in [-0.3, -0.25) is 4.79 Å². The first-order valence-electron chi connectivity index (χ1n) is 7.06. The van der Waals surface area contributed by atoms with Gasteiger partial charge in [0.1, 0.15) is 0 Å². The summed E-state index contributed by atoms with van der Waals surface area (Å²) in [6.07, 6.45) is -0.0188. The van der Waals surface area contributed by atoms with Crippen LogP contribution in [0, 0.1) is 11.3 Å². The monoisotopic (exact) mass is 292 g/mol. The summed E-state index contributed by atoms with van der Waals surface area (Å²) in [4.78, 5) is 22.4. The molecule has 0 aliphatic rings. The van der Waals surface area contributed by atoms with Crippen LogP contribution in [0.3, 0.4) is 0 Å². The van der Waals surface area contributed by atoms with E-state index in [1.54, 1.807) is 24.3 Å². The normalized spacial score (nSPS) is 11.3. The molecule has 0 aliphatic heterocycles. The molecular formula is C16H24N2O3. The molecule has 0 saturated carbocycles. The fourth-order valence-corrected chi connectivity index (χ4v) is 1.57. The van der Waals surface area contributed by atoms with E-state index in [0.717, 1.165) is 0 Å². The van der Waals surface area contributed by atoms with Gasteiger partial charge in [0.2, 0.25) is 0 Å². The smallest absolute Gasteiger partial charge is 0.319 e. The number of nitrogens with one attached hydrogen (secondary N) is 2. The van der Waals surface area contributed by atoms with Gasteiger partial charge in [0.05, 0.1) is 6.42 Å².